The Morgan fingerprint density at radius 1 is 0.931 bits per heavy atom. The van der Waals surface area contributed by atoms with E-state index in [1.165, 1.54) is 48.3 Å². The Hall–Kier alpha value is -2.04. The fourth-order valence-electron chi connectivity index (χ4n) is 4.78. The van der Waals surface area contributed by atoms with E-state index in [-0.39, 0.29) is 0 Å². The van der Waals surface area contributed by atoms with E-state index in [4.69, 9.17) is 4.74 Å². The van der Waals surface area contributed by atoms with Crippen molar-refractivity contribution in [3.8, 4) is 5.75 Å². The molecule has 0 radical (unpaired) electrons. The summed E-state index contributed by atoms with van der Waals surface area (Å²) in [4.78, 5) is 3.89. The molecule has 1 aliphatic carbocycles. The summed E-state index contributed by atoms with van der Waals surface area (Å²) in [6, 6.07) is 19.2. The van der Waals surface area contributed by atoms with Gasteiger partial charge in [-0.05, 0) is 48.6 Å². The number of para-hydroxylation sites is 1. The number of piperazine rings is 1. The van der Waals surface area contributed by atoms with Gasteiger partial charge < -0.3 is 19.6 Å². The molecule has 2 aromatic rings. The molecule has 1 aliphatic heterocycles. The smallest absolute Gasteiger partial charge is 0.137 e. The molecule has 4 rings (SSSR count). The summed E-state index contributed by atoms with van der Waals surface area (Å²) in [7, 11) is 0. The number of rotatable bonds is 7. The highest BCUT2D eigenvalue weighted by molar-refractivity contribution is 5.46. The summed E-state index contributed by atoms with van der Waals surface area (Å²) in [6.07, 6.45) is 6.32. The number of quaternary nitrogens is 1. The van der Waals surface area contributed by atoms with Gasteiger partial charge >= 0.3 is 0 Å². The van der Waals surface area contributed by atoms with Crippen molar-refractivity contribution in [3.05, 3.63) is 60.2 Å². The number of anilines is 1. The second kappa shape index (κ2) is 10.1. The summed E-state index contributed by atoms with van der Waals surface area (Å²) in [5.74, 6) is 1.59. The Labute approximate surface area is 175 Å². The molecule has 4 heteroatoms. The van der Waals surface area contributed by atoms with Crippen molar-refractivity contribution in [1.82, 2.24) is 0 Å². The highest BCUT2D eigenvalue weighted by Gasteiger charge is 2.23. The topological polar surface area (TPSA) is 37.1 Å². The maximum atomic E-state index is 10.4. The number of ether oxygens (including phenoxy) is 1. The Balaban J connectivity index is 1.18. The highest BCUT2D eigenvalue weighted by Crippen LogP contribution is 2.33. The van der Waals surface area contributed by atoms with Gasteiger partial charge in [0.05, 0.1) is 26.2 Å². The van der Waals surface area contributed by atoms with Crippen LogP contribution in [0.25, 0.3) is 0 Å². The van der Waals surface area contributed by atoms with Crippen molar-refractivity contribution in [3.63, 3.8) is 0 Å². The molecule has 1 saturated heterocycles. The number of hydrogen-bond acceptors (Lipinski definition) is 3. The minimum atomic E-state index is -0.425. The van der Waals surface area contributed by atoms with Gasteiger partial charge in [-0.3, -0.25) is 0 Å². The largest absolute Gasteiger partial charge is 0.491 e. The normalized spacial score (nSPS) is 19.8. The molecule has 1 heterocycles. The molecule has 156 valence electrons. The fourth-order valence-corrected chi connectivity index (χ4v) is 4.78. The first-order valence-electron chi connectivity index (χ1n) is 11.3. The Kier molecular flexibility index (Phi) is 7.07. The van der Waals surface area contributed by atoms with Gasteiger partial charge in [0.15, 0.2) is 0 Å². The predicted octanol–water partition coefficient (Wildman–Crippen LogP) is 2.88. The van der Waals surface area contributed by atoms with E-state index in [2.05, 4.69) is 59.5 Å². The zero-order valence-electron chi connectivity index (χ0n) is 17.4. The lowest BCUT2D eigenvalue weighted by Gasteiger charge is -2.34. The van der Waals surface area contributed by atoms with Gasteiger partial charge in [-0.1, -0.05) is 49.6 Å². The van der Waals surface area contributed by atoms with Crippen molar-refractivity contribution in [1.29, 1.82) is 0 Å². The lowest BCUT2D eigenvalue weighted by molar-refractivity contribution is -0.903. The number of hydrogen-bond donors (Lipinski definition) is 2. The molecule has 2 aromatic carbocycles. The number of aliphatic hydroxyl groups is 1. The van der Waals surface area contributed by atoms with Gasteiger partial charge in [0.25, 0.3) is 0 Å². The fraction of sp³-hybridized carbons (Fsp3) is 0.520. The quantitative estimate of drug-likeness (QED) is 0.757. The second-order valence-corrected chi connectivity index (χ2v) is 8.65. The molecule has 2 aliphatic rings. The number of nitrogens with one attached hydrogen (secondary N) is 1. The lowest BCUT2D eigenvalue weighted by Crippen LogP contribution is -3.16. The maximum absolute atomic E-state index is 10.4. The Bertz CT molecular complexity index is 720. The third-order valence-corrected chi connectivity index (χ3v) is 6.52. The molecule has 0 amide bonds. The minimum Gasteiger partial charge on any atom is -0.491 e. The van der Waals surface area contributed by atoms with Crippen molar-refractivity contribution in [2.75, 3.05) is 44.2 Å². The van der Waals surface area contributed by atoms with Crippen molar-refractivity contribution >= 4 is 5.69 Å². The van der Waals surface area contributed by atoms with Crippen LogP contribution in [0.5, 0.6) is 5.75 Å². The van der Waals surface area contributed by atoms with E-state index in [9.17, 15) is 5.11 Å². The van der Waals surface area contributed by atoms with E-state index in [1.54, 1.807) is 0 Å². The van der Waals surface area contributed by atoms with Crippen LogP contribution in [-0.4, -0.2) is 50.5 Å². The van der Waals surface area contributed by atoms with Crippen molar-refractivity contribution in [2.45, 2.75) is 44.1 Å². The van der Waals surface area contributed by atoms with Crippen LogP contribution in [0.1, 0.15) is 43.6 Å². The predicted molar refractivity (Wildman–Crippen MR) is 118 cm³/mol. The third kappa shape index (κ3) is 5.74. The average Bonchev–Trinajstić information content (AvgIpc) is 2.80. The first-order valence-corrected chi connectivity index (χ1v) is 11.3. The zero-order chi connectivity index (χ0) is 19.9. The molecule has 4 nitrogen and oxygen atoms in total. The molecular weight excluding hydrogens is 360 g/mol. The number of aliphatic hydroxyl groups excluding tert-OH is 1. The van der Waals surface area contributed by atoms with Crippen LogP contribution in [0.4, 0.5) is 5.69 Å². The van der Waals surface area contributed by atoms with E-state index in [1.807, 2.05) is 0 Å². The molecule has 2 fully saturated rings. The van der Waals surface area contributed by atoms with E-state index in [0.717, 1.165) is 44.4 Å². The first-order chi connectivity index (χ1) is 14.3. The summed E-state index contributed by atoms with van der Waals surface area (Å²) >= 11 is 0. The molecule has 1 saturated carbocycles. The van der Waals surface area contributed by atoms with Gasteiger partial charge in [0.2, 0.25) is 0 Å². The van der Waals surface area contributed by atoms with E-state index >= 15 is 0 Å². The summed E-state index contributed by atoms with van der Waals surface area (Å²) in [5.41, 5.74) is 2.74. The van der Waals surface area contributed by atoms with E-state index < -0.39 is 6.10 Å². The first kappa shape index (κ1) is 20.2. The van der Waals surface area contributed by atoms with Crippen molar-refractivity contribution < 1.29 is 14.7 Å². The second-order valence-electron chi connectivity index (χ2n) is 8.65. The minimum absolute atomic E-state index is 0.370. The van der Waals surface area contributed by atoms with Gasteiger partial charge in [0, 0.05) is 5.69 Å². The number of nitrogens with zero attached hydrogens (tertiary/aromatic N) is 1. The monoisotopic (exact) mass is 395 g/mol. The third-order valence-electron chi connectivity index (χ3n) is 6.52. The summed E-state index contributed by atoms with van der Waals surface area (Å²) in [6.45, 7) is 5.31. The zero-order valence-corrected chi connectivity index (χ0v) is 17.4. The summed E-state index contributed by atoms with van der Waals surface area (Å²) in [5, 5.41) is 10.4. The van der Waals surface area contributed by atoms with Crippen LogP contribution in [0.15, 0.2) is 54.6 Å². The van der Waals surface area contributed by atoms with Gasteiger partial charge in [-0.2, -0.15) is 0 Å². The molecule has 29 heavy (non-hydrogen) atoms. The Morgan fingerprint density at radius 2 is 1.62 bits per heavy atom. The van der Waals surface area contributed by atoms with Crippen LogP contribution >= 0.6 is 0 Å². The Morgan fingerprint density at radius 3 is 2.31 bits per heavy atom. The van der Waals surface area contributed by atoms with Crippen LogP contribution in [-0.2, 0) is 0 Å². The average molecular weight is 396 g/mol. The highest BCUT2D eigenvalue weighted by atomic mass is 16.5. The molecule has 1 atom stereocenters. The molecular formula is C25H35N2O2+. The standard InChI is InChI=1S/C25H34N2O2/c28-24(19-26-15-17-27(18-16-26)23-9-5-2-6-10-23)20-29-25-13-11-22(12-14-25)21-7-3-1-4-8-21/h2,5-6,9-14,21,24,28H,1,3-4,7-8,15-20H2/p+1/t24-/m1/s1. The van der Waals surface area contributed by atoms with Crippen LogP contribution < -0.4 is 14.5 Å². The molecule has 0 aromatic heterocycles. The molecule has 0 bridgehead atoms. The van der Waals surface area contributed by atoms with Gasteiger partial charge in [-0.25, -0.2) is 0 Å². The van der Waals surface area contributed by atoms with Crippen LogP contribution in [0.3, 0.4) is 0 Å². The van der Waals surface area contributed by atoms with Gasteiger partial charge in [0.1, 0.15) is 25.0 Å². The van der Waals surface area contributed by atoms with Crippen molar-refractivity contribution in [2.24, 2.45) is 0 Å². The number of benzene rings is 2. The molecule has 0 spiro atoms. The SMILES string of the molecule is O[C@@H](COc1ccc(C2CCCCC2)cc1)C[NH+]1CCN(c2ccccc2)CC1. The maximum Gasteiger partial charge on any atom is 0.137 e. The van der Waals surface area contributed by atoms with Crippen LogP contribution in [0.2, 0.25) is 0 Å². The molecule has 0 unspecified atom stereocenters. The van der Waals surface area contributed by atoms with Crippen LogP contribution in [0, 0.1) is 0 Å². The van der Waals surface area contributed by atoms with E-state index in [0.29, 0.717) is 6.61 Å². The lowest BCUT2D eigenvalue weighted by atomic mass is 9.84. The summed E-state index contributed by atoms with van der Waals surface area (Å²) < 4.78 is 5.87. The molecule has 2 N–H and O–H groups in total. The van der Waals surface area contributed by atoms with Gasteiger partial charge in [-0.15, -0.1) is 0 Å².